The van der Waals surface area contributed by atoms with Crippen molar-refractivity contribution in [3.8, 4) is 0 Å². The van der Waals surface area contributed by atoms with Crippen LogP contribution in [-0.4, -0.2) is 12.0 Å². The van der Waals surface area contributed by atoms with Crippen LogP contribution in [0.15, 0.2) is 18.2 Å². The average molecular weight is 201 g/mol. The topological polar surface area (TPSA) is 12.0 Å². The summed E-state index contributed by atoms with van der Waals surface area (Å²) in [5.41, 5.74) is 0.843. The van der Waals surface area contributed by atoms with Gasteiger partial charge in [-0.3, -0.25) is 0 Å². The monoisotopic (exact) mass is 201 g/mol. The van der Waals surface area contributed by atoms with Gasteiger partial charge >= 0.3 is 0 Å². The molecule has 0 aromatic heterocycles. The number of hydrogen-bond donors (Lipinski definition) is 1. The number of anilines is 1. The first-order valence-corrected chi connectivity index (χ1v) is 4.40. The van der Waals surface area contributed by atoms with Crippen LogP contribution in [0.25, 0.3) is 0 Å². The van der Waals surface area contributed by atoms with Gasteiger partial charge in [-0.25, -0.2) is 13.2 Å². The molecule has 0 amide bonds. The summed E-state index contributed by atoms with van der Waals surface area (Å²) < 4.78 is 39.0. The number of alkyl halides is 2. The van der Waals surface area contributed by atoms with Crippen molar-refractivity contribution in [2.45, 2.75) is 25.3 Å². The zero-order valence-electron chi connectivity index (χ0n) is 7.65. The third-order valence-corrected chi connectivity index (χ3v) is 2.45. The van der Waals surface area contributed by atoms with Crippen molar-refractivity contribution >= 4 is 5.69 Å². The van der Waals surface area contributed by atoms with Gasteiger partial charge < -0.3 is 5.32 Å². The quantitative estimate of drug-likeness (QED) is 0.736. The van der Waals surface area contributed by atoms with Crippen LogP contribution in [-0.2, 0) is 6.42 Å². The van der Waals surface area contributed by atoms with Crippen molar-refractivity contribution in [2.24, 2.45) is 0 Å². The third-order valence-electron chi connectivity index (χ3n) is 2.45. The molecule has 0 saturated heterocycles. The van der Waals surface area contributed by atoms with E-state index in [1.165, 1.54) is 12.1 Å². The molecule has 0 aliphatic carbocycles. The molecule has 4 heteroatoms. The summed E-state index contributed by atoms with van der Waals surface area (Å²) in [4.78, 5) is 0. The Hall–Kier alpha value is -1.19. The fourth-order valence-electron chi connectivity index (χ4n) is 1.65. The fourth-order valence-corrected chi connectivity index (χ4v) is 1.65. The van der Waals surface area contributed by atoms with E-state index in [-0.39, 0.29) is 12.1 Å². The lowest BCUT2D eigenvalue weighted by Crippen LogP contribution is -2.35. The molecule has 1 aliphatic rings. The van der Waals surface area contributed by atoms with E-state index >= 15 is 0 Å². The molecule has 14 heavy (non-hydrogen) atoms. The minimum atomic E-state index is -2.83. The van der Waals surface area contributed by atoms with Gasteiger partial charge in [0.25, 0.3) is 5.92 Å². The van der Waals surface area contributed by atoms with E-state index in [2.05, 4.69) is 5.32 Å². The van der Waals surface area contributed by atoms with Gasteiger partial charge in [-0.2, -0.15) is 0 Å². The Morgan fingerprint density at radius 2 is 2.14 bits per heavy atom. The number of para-hydroxylation sites is 1. The van der Waals surface area contributed by atoms with Crippen LogP contribution in [0.2, 0.25) is 0 Å². The molecule has 1 aromatic rings. The Kier molecular flexibility index (Phi) is 1.94. The smallest absolute Gasteiger partial charge is 0.265 e. The average Bonchev–Trinajstić information content (AvgIpc) is 2.48. The van der Waals surface area contributed by atoms with Crippen molar-refractivity contribution in [1.82, 2.24) is 0 Å². The highest BCUT2D eigenvalue weighted by Crippen LogP contribution is 2.34. The summed E-state index contributed by atoms with van der Waals surface area (Å²) in [7, 11) is 0. The number of halogens is 3. The molecule has 0 radical (unpaired) electrons. The van der Waals surface area contributed by atoms with Crippen LogP contribution in [0.3, 0.4) is 0 Å². The highest BCUT2D eigenvalue weighted by Gasteiger charge is 2.39. The summed E-state index contributed by atoms with van der Waals surface area (Å²) >= 11 is 0. The van der Waals surface area contributed by atoms with Crippen LogP contribution in [0, 0.1) is 5.82 Å². The molecule has 0 bridgehead atoms. The van der Waals surface area contributed by atoms with Crippen molar-refractivity contribution in [1.29, 1.82) is 0 Å². The highest BCUT2D eigenvalue weighted by atomic mass is 19.3. The molecule has 0 spiro atoms. The van der Waals surface area contributed by atoms with Gasteiger partial charge in [-0.15, -0.1) is 0 Å². The first-order valence-electron chi connectivity index (χ1n) is 4.40. The molecule has 1 nitrogen and oxygen atoms in total. The van der Waals surface area contributed by atoms with E-state index in [1.54, 1.807) is 6.07 Å². The van der Waals surface area contributed by atoms with Gasteiger partial charge in [-0.05, 0) is 11.6 Å². The molecule has 1 N–H and O–H groups in total. The molecule has 1 heterocycles. The standard InChI is InChI=1S/C10H10F3N/c1-10(12,13)8-5-6-3-2-4-7(11)9(6)14-8/h2-4,8,14H,5H2,1H3. The normalized spacial score (nSPS) is 20.4. The van der Waals surface area contributed by atoms with E-state index in [9.17, 15) is 13.2 Å². The minimum absolute atomic E-state index is 0.177. The van der Waals surface area contributed by atoms with Crippen molar-refractivity contribution < 1.29 is 13.2 Å². The summed E-state index contributed by atoms with van der Waals surface area (Å²) in [6, 6.07) is 3.47. The van der Waals surface area contributed by atoms with Crippen LogP contribution < -0.4 is 5.32 Å². The number of hydrogen-bond acceptors (Lipinski definition) is 1. The van der Waals surface area contributed by atoms with Crippen LogP contribution in [0.5, 0.6) is 0 Å². The fraction of sp³-hybridized carbons (Fsp3) is 0.400. The first kappa shape index (κ1) is 9.37. The Morgan fingerprint density at radius 1 is 1.43 bits per heavy atom. The van der Waals surface area contributed by atoms with E-state index in [0.717, 1.165) is 6.92 Å². The van der Waals surface area contributed by atoms with Gasteiger partial charge in [-0.1, -0.05) is 12.1 Å². The van der Waals surface area contributed by atoms with Crippen LogP contribution >= 0.6 is 0 Å². The lowest BCUT2D eigenvalue weighted by molar-refractivity contribution is 0.00368. The Balaban J connectivity index is 2.31. The second-order valence-corrected chi connectivity index (χ2v) is 3.63. The van der Waals surface area contributed by atoms with Crippen molar-refractivity contribution in [2.75, 3.05) is 5.32 Å². The van der Waals surface area contributed by atoms with Gasteiger partial charge in [0.05, 0.1) is 11.7 Å². The van der Waals surface area contributed by atoms with Crippen molar-refractivity contribution in [3.63, 3.8) is 0 Å². The first-order chi connectivity index (χ1) is 6.48. The lowest BCUT2D eigenvalue weighted by Gasteiger charge is -2.18. The number of nitrogens with one attached hydrogen (secondary N) is 1. The molecule has 0 saturated carbocycles. The molecule has 1 aromatic carbocycles. The largest absolute Gasteiger partial charge is 0.374 e. The second kappa shape index (κ2) is 2.90. The molecule has 76 valence electrons. The number of benzene rings is 1. The van der Waals surface area contributed by atoms with E-state index < -0.39 is 17.8 Å². The van der Waals surface area contributed by atoms with Gasteiger partial charge in [0.15, 0.2) is 0 Å². The predicted octanol–water partition coefficient (Wildman–Crippen LogP) is 2.82. The summed E-state index contributed by atoms with van der Waals surface area (Å²) in [5.74, 6) is -3.29. The maximum atomic E-state index is 13.1. The summed E-state index contributed by atoms with van der Waals surface area (Å²) in [5, 5.41) is 2.52. The van der Waals surface area contributed by atoms with Gasteiger partial charge in [0, 0.05) is 13.3 Å². The number of rotatable bonds is 1. The third kappa shape index (κ3) is 1.45. The maximum absolute atomic E-state index is 13.1. The molecule has 1 atom stereocenters. The van der Waals surface area contributed by atoms with Crippen molar-refractivity contribution in [3.05, 3.63) is 29.6 Å². The van der Waals surface area contributed by atoms with Crippen LogP contribution in [0.1, 0.15) is 12.5 Å². The Labute approximate surface area is 79.9 Å². The predicted molar refractivity (Wildman–Crippen MR) is 48.1 cm³/mol. The molecule has 2 rings (SSSR count). The summed E-state index contributed by atoms with van der Waals surface area (Å²) in [6.45, 7) is 0.842. The molecule has 1 unspecified atom stereocenters. The molecular weight excluding hydrogens is 191 g/mol. The highest BCUT2D eigenvalue weighted by molar-refractivity contribution is 5.58. The lowest BCUT2D eigenvalue weighted by atomic mass is 10.1. The van der Waals surface area contributed by atoms with E-state index in [1.807, 2.05) is 0 Å². The zero-order valence-corrected chi connectivity index (χ0v) is 7.65. The zero-order chi connectivity index (χ0) is 10.3. The Morgan fingerprint density at radius 3 is 2.71 bits per heavy atom. The molecule has 0 fully saturated rings. The van der Waals surface area contributed by atoms with Crippen LogP contribution in [0.4, 0.5) is 18.9 Å². The molecular formula is C10H10F3N. The maximum Gasteiger partial charge on any atom is 0.265 e. The summed E-state index contributed by atoms with van der Waals surface area (Å²) in [6.07, 6.45) is 0.177. The second-order valence-electron chi connectivity index (χ2n) is 3.63. The minimum Gasteiger partial charge on any atom is -0.374 e. The van der Waals surface area contributed by atoms with Gasteiger partial charge in [0.2, 0.25) is 0 Å². The van der Waals surface area contributed by atoms with E-state index in [0.29, 0.717) is 5.56 Å². The molecule has 1 aliphatic heterocycles. The SMILES string of the molecule is CC(F)(F)C1Cc2cccc(F)c2N1. The Bertz CT molecular complexity index is 357. The van der Waals surface area contributed by atoms with Gasteiger partial charge in [0.1, 0.15) is 5.82 Å². The van der Waals surface area contributed by atoms with E-state index in [4.69, 9.17) is 0 Å². The number of fused-ring (bicyclic) bond motifs is 1.